The number of nitrogens with one attached hydrogen (secondary N) is 1. The van der Waals surface area contributed by atoms with Crippen molar-refractivity contribution < 1.29 is 49.3 Å². The maximum atomic E-state index is 13.5. The third-order valence-electron chi connectivity index (χ3n) is 15.5. The number of ether oxygens (including phenoxy) is 3. The van der Waals surface area contributed by atoms with E-state index in [-0.39, 0.29) is 19.4 Å². The molecule has 0 aromatic carbocycles. The number of esters is 1. The highest BCUT2D eigenvalue weighted by atomic mass is 16.7. The van der Waals surface area contributed by atoms with Crippen LogP contribution >= 0.6 is 0 Å². The van der Waals surface area contributed by atoms with Crippen LogP contribution in [0.2, 0.25) is 0 Å². The summed E-state index contributed by atoms with van der Waals surface area (Å²) in [5.74, 6) is -1.21. The summed E-state index contributed by atoms with van der Waals surface area (Å²) in [4.78, 5) is 26.6. The lowest BCUT2D eigenvalue weighted by Gasteiger charge is -2.41. The molecular formula is C72H125NO10. The quantitative estimate of drug-likeness (QED) is 0.0195. The molecule has 0 saturated carbocycles. The lowest BCUT2D eigenvalue weighted by molar-refractivity contribution is -0.305. The lowest BCUT2D eigenvalue weighted by Crippen LogP contribution is -2.61. The van der Waals surface area contributed by atoms with Gasteiger partial charge in [0.2, 0.25) is 5.91 Å². The summed E-state index contributed by atoms with van der Waals surface area (Å²) in [5.41, 5.74) is 0. The molecule has 0 aliphatic carbocycles. The smallest absolute Gasteiger partial charge is 0.306 e. The van der Waals surface area contributed by atoms with Gasteiger partial charge < -0.3 is 45.1 Å². The molecule has 0 bridgehead atoms. The molecule has 1 saturated heterocycles. The van der Waals surface area contributed by atoms with E-state index in [1.165, 1.54) is 116 Å². The molecule has 1 aliphatic heterocycles. The van der Waals surface area contributed by atoms with Crippen LogP contribution in [-0.2, 0) is 23.8 Å². The number of aliphatic hydroxyl groups is 5. The van der Waals surface area contributed by atoms with E-state index in [9.17, 15) is 35.1 Å². The van der Waals surface area contributed by atoms with Crippen LogP contribution in [0.1, 0.15) is 284 Å². The van der Waals surface area contributed by atoms with Gasteiger partial charge in [-0.05, 0) is 103 Å². The van der Waals surface area contributed by atoms with E-state index >= 15 is 0 Å². The zero-order valence-corrected chi connectivity index (χ0v) is 53.0. The number of hydrogen-bond acceptors (Lipinski definition) is 10. The van der Waals surface area contributed by atoms with Crippen LogP contribution in [-0.4, -0.2) is 99.6 Å². The Morgan fingerprint density at radius 2 is 0.867 bits per heavy atom. The minimum atomic E-state index is -1.62. The molecule has 1 fully saturated rings. The number of unbranched alkanes of at least 4 members (excludes halogenated alkanes) is 29. The first-order valence-electron chi connectivity index (χ1n) is 34.0. The SMILES string of the molecule is CC/C=C\C/C=C\C/C=C\C/C=C\C/C=C\CCCCCCCCCCC(O)C(=O)NC(COC1OC(CO)C(O)C(O)C1OC(=O)CCCCCCCCCCC/C=C\C/C=C\CCCCC)C(O)/C=C/CCCCCCCCCCC. The van der Waals surface area contributed by atoms with Gasteiger partial charge in [-0.1, -0.05) is 272 Å². The fourth-order valence-corrected chi connectivity index (χ4v) is 10.1. The first kappa shape index (κ1) is 77.6. The molecule has 8 unspecified atom stereocenters. The molecule has 11 nitrogen and oxygen atoms in total. The van der Waals surface area contributed by atoms with Crippen molar-refractivity contribution in [1.29, 1.82) is 0 Å². The van der Waals surface area contributed by atoms with Crippen LogP contribution in [0.15, 0.2) is 97.2 Å². The molecule has 83 heavy (non-hydrogen) atoms. The monoisotopic (exact) mass is 1160 g/mol. The number of hydrogen-bond donors (Lipinski definition) is 6. The average Bonchev–Trinajstić information content (AvgIpc) is 3.52. The van der Waals surface area contributed by atoms with Gasteiger partial charge in [0.25, 0.3) is 0 Å². The third-order valence-corrected chi connectivity index (χ3v) is 15.5. The van der Waals surface area contributed by atoms with Crippen molar-refractivity contribution in [3.05, 3.63) is 97.2 Å². The minimum Gasteiger partial charge on any atom is -0.454 e. The molecule has 1 aliphatic rings. The molecule has 1 rings (SSSR count). The van der Waals surface area contributed by atoms with Gasteiger partial charge in [0.05, 0.1) is 25.4 Å². The third kappa shape index (κ3) is 46.5. The second-order valence-corrected chi connectivity index (χ2v) is 23.2. The fourth-order valence-electron chi connectivity index (χ4n) is 10.1. The highest BCUT2D eigenvalue weighted by molar-refractivity contribution is 5.80. The van der Waals surface area contributed by atoms with Crippen LogP contribution < -0.4 is 5.32 Å². The minimum absolute atomic E-state index is 0.115. The summed E-state index contributed by atoms with van der Waals surface area (Å²) in [6.45, 7) is 5.65. The number of allylic oxidation sites excluding steroid dienone is 15. The van der Waals surface area contributed by atoms with Crippen molar-refractivity contribution in [2.75, 3.05) is 13.2 Å². The Labute approximate surface area is 507 Å². The largest absolute Gasteiger partial charge is 0.454 e. The summed E-state index contributed by atoms with van der Waals surface area (Å²) < 4.78 is 17.7. The maximum absolute atomic E-state index is 13.5. The van der Waals surface area contributed by atoms with Crippen molar-refractivity contribution in [1.82, 2.24) is 5.32 Å². The zero-order chi connectivity index (χ0) is 60.3. The van der Waals surface area contributed by atoms with Crippen LogP contribution in [0.5, 0.6) is 0 Å². The normalized spacial score (nSPS) is 19.2. The van der Waals surface area contributed by atoms with Crippen LogP contribution in [0, 0.1) is 0 Å². The molecule has 6 N–H and O–H groups in total. The standard InChI is InChI=1S/C72H125NO10/c1-4-7-10-13-16-19-22-24-26-28-30-31-32-33-34-36-37-39-41-44-47-50-53-56-59-65(76)71(80)73-63(64(75)58-55-52-49-46-43-21-18-15-12-9-6-3)62-81-72-70(69(79)68(78)66(61-74)82-72)83-67(77)60-57-54-51-48-45-42-40-38-35-29-27-25-23-20-17-14-11-8-5-2/h7,10,16-17,19-20,24-27,30-31,33-34,55,58,63-66,68-70,72,74-76,78-79H,4-6,8-9,11-15,18,21-23,28-29,32,35-54,56-57,59-62H2,1-3H3,(H,73,80)/b10-7-,19-16-,20-17-,26-24-,27-25-,31-30-,34-33-,58-55+. The summed E-state index contributed by atoms with van der Waals surface area (Å²) >= 11 is 0. The van der Waals surface area contributed by atoms with Crippen molar-refractivity contribution in [3.63, 3.8) is 0 Å². The number of carbonyl (C=O) groups is 2. The van der Waals surface area contributed by atoms with Crippen molar-refractivity contribution >= 4 is 11.9 Å². The molecule has 0 spiro atoms. The average molecular weight is 1160 g/mol. The van der Waals surface area contributed by atoms with Crippen molar-refractivity contribution in [3.8, 4) is 0 Å². The first-order chi connectivity index (χ1) is 40.7. The first-order valence-corrected chi connectivity index (χ1v) is 34.0. The lowest BCUT2D eigenvalue weighted by atomic mass is 9.99. The zero-order valence-electron chi connectivity index (χ0n) is 53.0. The summed E-state index contributed by atoms with van der Waals surface area (Å²) in [6.07, 6.45) is 68.7. The van der Waals surface area contributed by atoms with Gasteiger partial charge in [0.15, 0.2) is 12.4 Å². The predicted octanol–water partition coefficient (Wildman–Crippen LogP) is 17.1. The van der Waals surface area contributed by atoms with Crippen LogP contribution in [0.25, 0.3) is 0 Å². The summed E-state index contributed by atoms with van der Waals surface area (Å²) in [5, 5.41) is 57.1. The van der Waals surface area contributed by atoms with Crippen LogP contribution in [0.4, 0.5) is 0 Å². The summed E-state index contributed by atoms with van der Waals surface area (Å²) in [6, 6.07) is -1.03. The summed E-state index contributed by atoms with van der Waals surface area (Å²) in [7, 11) is 0. The number of aliphatic hydroxyl groups excluding tert-OH is 5. The highest BCUT2D eigenvalue weighted by Crippen LogP contribution is 2.26. The van der Waals surface area contributed by atoms with Gasteiger partial charge >= 0.3 is 5.97 Å². The van der Waals surface area contributed by atoms with Gasteiger partial charge in [-0.15, -0.1) is 0 Å². The van der Waals surface area contributed by atoms with Gasteiger partial charge in [0.1, 0.15) is 24.4 Å². The Balaban J connectivity index is 2.60. The van der Waals surface area contributed by atoms with Gasteiger partial charge in [-0.25, -0.2) is 0 Å². The molecule has 1 amide bonds. The van der Waals surface area contributed by atoms with E-state index in [0.29, 0.717) is 12.8 Å². The molecule has 478 valence electrons. The molecule has 0 radical (unpaired) electrons. The Bertz CT molecular complexity index is 1720. The van der Waals surface area contributed by atoms with Crippen LogP contribution in [0.3, 0.4) is 0 Å². The second-order valence-electron chi connectivity index (χ2n) is 23.2. The van der Waals surface area contributed by atoms with Gasteiger partial charge in [-0.2, -0.15) is 0 Å². The topological polar surface area (TPSA) is 175 Å². The van der Waals surface area contributed by atoms with E-state index in [1.54, 1.807) is 6.08 Å². The fraction of sp³-hybridized carbons (Fsp3) is 0.750. The van der Waals surface area contributed by atoms with Crippen molar-refractivity contribution in [2.45, 2.75) is 333 Å². The highest BCUT2D eigenvalue weighted by Gasteiger charge is 2.47. The molecular weight excluding hydrogens is 1040 g/mol. The maximum Gasteiger partial charge on any atom is 0.306 e. The molecule has 8 atom stereocenters. The Morgan fingerprint density at radius 3 is 1.33 bits per heavy atom. The second kappa shape index (κ2) is 58.9. The molecule has 0 aromatic rings. The van der Waals surface area contributed by atoms with Gasteiger partial charge in [-0.3, -0.25) is 9.59 Å². The van der Waals surface area contributed by atoms with E-state index < -0.39 is 67.4 Å². The number of amides is 1. The molecule has 0 aromatic heterocycles. The van der Waals surface area contributed by atoms with E-state index in [4.69, 9.17) is 14.2 Å². The van der Waals surface area contributed by atoms with Crippen molar-refractivity contribution in [2.24, 2.45) is 0 Å². The van der Waals surface area contributed by atoms with E-state index in [1.807, 2.05) is 6.08 Å². The number of carbonyl (C=O) groups excluding carboxylic acids is 2. The predicted molar refractivity (Wildman–Crippen MR) is 347 cm³/mol. The van der Waals surface area contributed by atoms with E-state index in [0.717, 1.165) is 122 Å². The Hall–Kier alpha value is -3.42. The Morgan fingerprint density at radius 1 is 0.482 bits per heavy atom. The molecule has 1 heterocycles. The number of rotatable bonds is 57. The van der Waals surface area contributed by atoms with Gasteiger partial charge in [0, 0.05) is 6.42 Å². The molecule has 11 heteroatoms. The van der Waals surface area contributed by atoms with E-state index in [2.05, 4.69) is 111 Å². The Kier molecular flexibility index (Phi) is 55.1.